The van der Waals surface area contributed by atoms with Crippen molar-refractivity contribution in [2.75, 3.05) is 12.8 Å². The Kier molecular flexibility index (Phi) is 5.39. The molecule has 0 atom stereocenters. The van der Waals surface area contributed by atoms with E-state index in [1.165, 1.54) is 0 Å². The number of hydrogen-bond acceptors (Lipinski definition) is 3. The van der Waals surface area contributed by atoms with Gasteiger partial charge in [-0.2, -0.15) is 0 Å². The lowest BCUT2D eigenvalue weighted by Gasteiger charge is -2.01. The van der Waals surface area contributed by atoms with E-state index in [9.17, 15) is 0 Å². The molecule has 0 heterocycles. The predicted octanol–water partition coefficient (Wildman–Crippen LogP) is 2.27. The van der Waals surface area contributed by atoms with Crippen molar-refractivity contribution in [1.82, 2.24) is 5.32 Å². The summed E-state index contributed by atoms with van der Waals surface area (Å²) in [6, 6.07) is 8.59. The van der Waals surface area contributed by atoms with Crippen LogP contribution < -0.4 is 11.1 Å². The third kappa shape index (κ3) is 4.43. The van der Waals surface area contributed by atoms with Crippen LogP contribution in [0.5, 0.6) is 0 Å². The number of benzene rings is 1. The number of hydrogen-bond donors (Lipinski definition) is 2. The lowest BCUT2D eigenvalue weighted by Crippen LogP contribution is -1.93. The van der Waals surface area contributed by atoms with Gasteiger partial charge in [0, 0.05) is 25.7 Å². The first-order chi connectivity index (χ1) is 8.27. The Labute approximate surface area is 102 Å². The zero-order chi connectivity index (χ0) is 12.5. The Hall–Kier alpha value is -2.21. The second kappa shape index (κ2) is 7.13. The van der Waals surface area contributed by atoms with Crippen molar-refractivity contribution in [2.24, 2.45) is 4.99 Å². The molecule has 17 heavy (non-hydrogen) atoms. The van der Waals surface area contributed by atoms with Crippen LogP contribution in [0.15, 0.2) is 35.3 Å². The molecule has 0 aliphatic heterocycles. The van der Waals surface area contributed by atoms with Crippen LogP contribution in [0.2, 0.25) is 0 Å². The molecule has 0 aromatic heterocycles. The van der Waals surface area contributed by atoms with E-state index in [0.717, 1.165) is 11.3 Å². The number of rotatable bonds is 3. The van der Waals surface area contributed by atoms with E-state index in [-0.39, 0.29) is 0 Å². The number of nitrogens with one attached hydrogen (secondary N) is 1. The summed E-state index contributed by atoms with van der Waals surface area (Å²) in [4.78, 5) is 4.28. The molecule has 1 aromatic rings. The Morgan fingerprint density at radius 2 is 2.29 bits per heavy atom. The van der Waals surface area contributed by atoms with Gasteiger partial charge < -0.3 is 11.1 Å². The first-order valence-electron chi connectivity index (χ1n) is 5.46. The summed E-state index contributed by atoms with van der Waals surface area (Å²) in [6.45, 7) is 1.94. The quantitative estimate of drug-likeness (QED) is 0.360. The zero-order valence-corrected chi connectivity index (χ0v) is 10.2. The van der Waals surface area contributed by atoms with E-state index in [1.54, 1.807) is 13.3 Å². The summed E-state index contributed by atoms with van der Waals surface area (Å²) in [6.07, 6.45) is 6.21. The molecule has 0 fully saturated rings. The smallest absolute Gasteiger partial charge is 0.0861 e. The number of nitrogens with zero attached hydrogens (tertiary/aromatic N) is 1. The Balaban J connectivity index is 2.86. The average Bonchev–Trinajstić information content (AvgIpc) is 2.33. The third-order valence-corrected chi connectivity index (χ3v) is 2.09. The summed E-state index contributed by atoms with van der Waals surface area (Å²) in [5.41, 5.74) is 8.41. The van der Waals surface area contributed by atoms with Gasteiger partial charge in [-0.25, -0.2) is 0 Å². The summed E-state index contributed by atoms with van der Waals surface area (Å²) < 4.78 is 0. The van der Waals surface area contributed by atoms with Crippen molar-refractivity contribution in [3.8, 4) is 12.0 Å². The highest BCUT2D eigenvalue weighted by atomic mass is 14.8. The van der Waals surface area contributed by atoms with E-state index < -0.39 is 0 Å². The van der Waals surface area contributed by atoms with Crippen LogP contribution in [0.1, 0.15) is 12.5 Å². The van der Waals surface area contributed by atoms with Gasteiger partial charge in [-0.3, -0.25) is 4.99 Å². The summed E-state index contributed by atoms with van der Waals surface area (Å²) in [5.74, 6) is 3.00. The number of anilines is 1. The molecule has 1 rings (SSSR count). The molecule has 0 amide bonds. The number of aliphatic imine (C=N–C) groups is 1. The van der Waals surface area contributed by atoms with Gasteiger partial charge in [-0.1, -0.05) is 18.1 Å². The first kappa shape index (κ1) is 12.9. The molecule has 3 N–H and O–H groups in total. The highest BCUT2D eigenvalue weighted by molar-refractivity contribution is 5.77. The van der Waals surface area contributed by atoms with Crippen LogP contribution >= 0.6 is 0 Å². The van der Waals surface area contributed by atoms with Crippen LogP contribution in [0.25, 0.3) is 0 Å². The van der Waals surface area contributed by atoms with E-state index in [1.807, 2.05) is 37.3 Å². The lowest BCUT2D eigenvalue weighted by atomic mass is 10.1. The predicted molar refractivity (Wildman–Crippen MR) is 74.4 cm³/mol. The van der Waals surface area contributed by atoms with Crippen LogP contribution in [0.3, 0.4) is 0 Å². The van der Waals surface area contributed by atoms with Gasteiger partial charge in [0.2, 0.25) is 0 Å². The molecule has 3 heteroatoms. The maximum Gasteiger partial charge on any atom is 0.0861 e. The first-order valence-corrected chi connectivity index (χ1v) is 5.46. The molecule has 0 saturated heterocycles. The fourth-order valence-corrected chi connectivity index (χ4v) is 1.26. The fourth-order valence-electron chi connectivity index (χ4n) is 1.26. The van der Waals surface area contributed by atoms with E-state index in [0.29, 0.717) is 12.1 Å². The summed E-state index contributed by atoms with van der Waals surface area (Å²) in [7, 11) is 1.79. The standard InChI is InChI=1S/C14H17N3/c1-3-4-10-17-14-11-12(6-5-9-16-2)7-8-13(14)15/h3-4,7-8,10-11,16H,6,15H2,1-2H3/b4-3-,17-10?. The minimum Gasteiger partial charge on any atom is -0.397 e. The summed E-state index contributed by atoms with van der Waals surface area (Å²) >= 11 is 0. The average molecular weight is 227 g/mol. The highest BCUT2D eigenvalue weighted by Crippen LogP contribution is 2.23. The van der Waals surface area contributed by atoms with Gasteiger partial charge in [0.1, 0.15) is 0 Å². The molecule has 0 bridgehead atoms. The SMILES string of the molecule is C/C=C\C=Nc1cc(CC#CNC)ccc1N. The maximum absolute atomic E-state index is 5.84. The van der Waals surface area contributed by atoms with E-state index >= 15 is 0 Å². The molecule has 3 nitrogen and oxygen atoms in total. The van der Waals surface area contributed by atoms with Gasteiger partial charge >= 0.3 is 0 Å². The van der Waals surface area contributed by atoms with Gasteiger partial charge in [0.25, 0.3) is 0 Å². The van der Waals surface area contributed by atoms with Crippen molar-refractivity contribution in [3.05, 3.63) is 35.9 Å². The molecule has 0 aliphatic carbocycles. The lowest BCUT2D eigenvalue weighted by molar-refractivity contribution is 1.15. The number of nitrogen functional groups attached to an aromatic ring is 1. The minimum atomic E-state index is 0.677. The Morgan fingerprint density at radius 1 is 1.47 bits per heavy atom. The van der Waals surface area contributed by atoms with Gasteiger partial charge in [-0.15, -0.1) is 0 Å². The molecule has 0 unspecified atom stereocenters. The zero-order valence-electron chi connectivity index (χ0n) is 10.2. The Bertz CT molecular complexity index is 476. The van der Waals surface area contributed by atoms with Gasteiger partial charge in [0.05, 0.1) is 11.4 Å². The van der Waals surface area contributed by atoms with Crippen molar-refractivity contribution < 1.29 is 0 Å². The summed E-state index contributed by atoms with van der Waals surface area (Å²) in [5, 5.41) is 2.78. The molecule has 0 saturated carbocycles. The van der Waals surface area contributed by atoms with Crippen LogP contribution in [-0.2, 0) is 6.42 Å². The second-order valence-corrected chi connectivity index (χ2v) is 3.43. The van der Waals surface area contributed by atoms with Crippen LogP contribution in [0, 0.1) is 12.0 Å². The van der Waals surface area contributed by atoms with Gasteiger partial charge in [-0.05, 0) is 30.7 Å². The van der Waals surface area contributed by atoms with Crippen LogP contribution in [0.4, 0.5) is 11.4 Å². The normalized spacial score (nSPS) is 10.5. The van der Waals surface area contributed by atoms with Crippen molar-refractivity contribution in [3.63, 3.8) is 0 Å². The second-order valence-electron chi connectivity index (χ2n) is 3.43. The topological polar surface area (TPSA) is 50.4 Å². The number of allylic oxidation sites excluding steroid dienone is 2. The minimum absolute atomic E-state index is 0.677. The van der Waals surface area contributed by atoms with Crippen molar-refractivity contribution in [1.29, 1.82) is 0 Å². The molecular weight excluding hydrogens is 210 g/mol. The van der Waals surface area contributed by atoms with E-state index in [2.05, 4.69) is 22.3 Å². The van der Waals surface area contributed by atoms with E-state index in [4.69, 9.17) is 5.73 Å². The molecular formula is C14H17N3. The maximum atomic E-state index is 5.84. The molecule has 0 spiro atoms. The largest absolute Gasteiger partial charge is 0.397 e. The van der Waals surface area contributed by atoms with Crippen LogP contribution in [-0.4, -0.2) is 13.3 Å². The Morgan fingerprint density at radius 3 is 3.00 bits per heavy atom. The molecule has 1 aromatic carbocycles. The monoisotopic (exact) mass is 227 g/mol. The number of nitrogens with two attached hydrogens (primary N) is 1. The highest BCUT2D eigenvalue weighted by Gasteiger charge is 1.98. The third-order valence-electron chi connectivity index (χ3n) is 2.09. The molecule has 0 radical (unpaired) electrons. The fraction of sp³-hybridized carbons (Fsp3) is 0.214. The van der Waals surface area contributed by atoms with Crippen molar-refractivity contribution in [2.45, 2.75) is 13.3 Å². The molecule has 0 aliphatic rings. The van der Waals surface area contributed by atoms with Gasteiger partial charge in [0.15, 0.2) is 0 Å². The van der Waals surface area contributed by atoms with Crippen molar-refractivity contribution >= 4 is 17.6 Å². The molecule has 88 valence electrons.